The molecule has 2 atom stereocenters. The Morgan fingerprint density at radius 2 is 1.94 bits per heavy atom. The van der Waals surface area contributed by atoms with E-state index in [9.17, 15) is 10.1 Å². The number of terminal acetylenes is 1. The molecule has 0 spiro atoms. The number of piperidine rings is 2. The molecular weight excluding hydrogens is 452 g/mol. The highest BCUT2D eigenvalue weighted by atomic mass is 16.1. The molecule has 6 heterocycles. The monoisotopic (exact) mass is 476 g/mol. The van der Waals surface area contributed by atoms with Gasteiger partial charge in [-0.1, -0.05) is 0 Å². The fraction of sp³-hybridized carbons (Fsp3) is 0.296. The van der Waals surface area contributed by atoms with E-state index in [0.717, 1.165) is 53.1 Å². The van der Waals surface area contributed by atoms with Gasteiger partial charge in [-0.05, 0) is 37.5 Å². The van der Waals surface area contributed by atoms with Crippen molar-refractivity contribution in [1.82, 2.24) is 29.7 Å². The lowest BCUT2D eigenvalue weighted by atomic mass is 9.56. The summed E-state index contributed by atoms with van der Waals surface area (Å²) < 4.78 is 3.50. The van der Waals surface area contributed by atoms with E-state index in [0.29, 0.717) is 17.4 Å². The first-order valence-corrected chi connectivity index (χ1v) is 11.8. The zero-order valence-corrected chi connectivity index (χ0v) is 20.0. The van der Waals surface area contributed by atoms with Gasteiger partial charge in [0, 0.05) is 78.4 Å². The Morgan fingerprint density at radius 3 is 2.58 bits per heavy atom. The van der Waals surface area contributed by atoms with Gasteiger partial charge in [0.05, 0.1) is 23.5 Å². The van der Waals surface area contributed by atoms with Crippen LogP contribution in [0, 0.1) is 35.5 Å². The van der Waals surface area contributed by atoms with Gasteiger partial charge >= 0.3 is 0 Å². The number of hydrogen-bond donors (Lipinski definition) is 1. The van der Waals surface area contributed by atoms with E-state index in [1.807, 2.05) is 44.0 Å². The summed E-state index contributed by atoms with van der Waals surface area (Å²) in [4.78, 5) is 18.9. The molecule has 178 valence electrons. The predicted molar refractivity (Wildman–Crippen MR) is 135 cm³/mol. The highest BCUT2D eigenvalue weighted by Gasteiger charge is 2.56. The molecule has 1 aliphatic carbocycles. The SMILES string of the molecule is C#CC(=O)NC1(C)C2CC1CN(c1ccc(-c3cc(-c4cnn(C)c4)cn4ncc(C#N)c34)cn1)C2. The van der Waals surface area contributed by atoms with Gasteiger partial charge in [-0.25, -0.2) is 9.50 Å². The van der Waals surface area contributed by atoms with Crippen LogP contribution in [0.25, 0.3) is 27.8 Å². The van der Waals surface area contributed by atoms with Crippen LogP contribution in [-0.4, -0.2) is 48.9 Å². The third kappa shape index (κ3) is 3.32. The number of aryl methyl sites for hydroxylation is 1. The van der Waals surface area contributed by atoms with Crippen LogP contribution in [0.4, 0.5) is 5.82 Å². The fourth-order valence-corrected chi connectivity index (χ4v) is 5.70. The summed E-state index contributed by atoms with van der Waals surface area (Å²) >= 11 is 0. The molecule has 1 saturated carbocycles. The van der Waals surface area contributed by atoms with Crippen molar-refractivity contribution in [2.45, 2.75) is 18.9 Å². The fourth-order valence-electron chi connectivity index (χ4n) is 5.70. The van der Waals surface area contributed by atoms with E-state index in [1.165, 1.54) is 0 Å². The van der Waals surface area contributed by atoms with Gasteiger partial charge in [0.1, 0.15) is 11.9 Å². The normalized spacial score (nSPS) is 22.5. The molecule has 7 rings (SSSR count). The largest absolute Gasteiger partial charge is 0.356 e. The Bertz CT molecular complexity index is 1570. The minimum Gasteiger partial charge on any atom is -0.356 e. The smallest absolute Gasteiger partial charge is 0.296 e. The zero-order chi connectivity index (χ0) is 25.0. The maximum atomic E-state index is 11.8. The van der Waals surface area contributed by atoms with Crippen LogP contribution < -0.4 is 10.2 Å². The van der Waals surface area contributed by atoms with Gasteiger partial charge in [0.15, 0.2) is 0 Å². The van der Waals surface area contributed by atoms with E-state index in [4.69, 9.17) is 11.4 Å². The number of aromatic nitrogens is 5. The number of anilines is 1. The first-order chi connectivity index (χ1) is 17.4. The highest BCUT2D eigenvalue weighted by Crippen LogP contribution is 2.49. The van der Waals surface area contributed by atoms with Crippen LogP contribution in [0.5, 0.6) is 0 Å². The molecule has 2 aliphatic heterocycles. The zero-order valence-electron chi connectivity index (χ0n) is 20.0. The molecule has 2 bridgehead atoms. The summed E-state index contributed by atoms with van der Waals surface area (Å²) in [7, 11) is 1.88. The average molecular weight is 477 g/mol. The third-order valence-corrected chi connectivity index (χ3v) is 7.81. The first kappa shape index (κ1) is 21.9. The van der Waals surface area contributed by atoms with Gasteiger partial charge in [0.25, 0.3) is 5.91 Å². The van der Waals surface area contributed by atoms with Crippen molar-refractivity contribution in [3.05, 3.63) is 54.7 Å². The van der Waals surface area contributed by atoms with Crippen LogP contribution in [0.2, 0.25) is 0 Å². The standard InChI is InChI=1S/C27H24N8O/c1-4-25(36)32-27(2)21-8-22(27)16-34(15-21)24-6-5-17(10-29-24)23-7-18(20-12-30-33(3)13-20)14-35-26(23)19(9-28)11-31-35/h1,5-7,10-14,21-22H,8,15-16H2,2-3H3,(H,32,36). The Labute approximate surface area is 208 Å². The number of pyridine rings is 2. The van der Waals surface area contributed by atoms with Crippen LogP contribution in [0.1, 0.15) is 18.9 Å². The summed E-state index contributed by atoms with van der Waals surface area (Å²) in [5, 5.41) is 21.4. The molecule has 4 aromatic heterocycles. The van der Waals surface area contributed by atoms with Crippen molar-refractivity contribution in [2.75, 3.05) is 18.0 Å². The second kappa shape index (κ2) is 7.96. The summed E-state index contributed by atoms with van der Waals surface area (Å²) in [6.07, 6.45) is 15.5. The lowest BCUT2D eigenvalue weighted by molar-refractivity contribution is -0.122. The first-order valence-electron chi connectivity index (χ1n) is 11.8. The van der Waals surface area contributed by atoms with Crippen LogP contribution >= 0.6 is 0 Å². The molecular formula is C27H24N8O. The van der Waals surface area contributed by atoms with Crippen LogP contribution in [0.3, 0.4) is 0 Å². The second-order valence-electron chi connectivity index (χ2n) is 9.83. The van der Waals surface area contributed by atoms with Crippen molar-refractivity contribution in [2.24, 2.45) is 18.9 Å². The Morgan fingerprint density at radius 1 is 1.14 bits per heavy atom. The van der Waals surface area contributed by atoms with Crippen molar-refractivity contribution < 1.29 is 4.79 Å². The maximum absolute atomic E-state index is 11.8. The summed E-state index contributed by atoms with van der Waals surface area (Å²) in [5.74, 6) is 3.38. The van der Waals surface area contributed by atoms with Gasteiger partial charge in [-0.2, -0.15) is 15.5 Å². The minimum absolute atomic E-state index is 0.256. The molecule has 0 radical (unpaired) electrons. The maximum Gasteiger partial charge on any atom is 0.296 e. The van der Waals surface area contributed by atoms with Gasteiger partial charge in [-0.3, -0.25) is 9.48 Å². The van der Waals surface area contributed by atoms with E-state index in [1.54, 1.807) is 15.4 Å². The van der Waals surface area contributed by atoms with Crippen LogP contribution in [-0.2, 0) is 11.8 Å². The average Bonchev–Trinajstić information content (AvgIpc) is 3.54. The van der Waals surface area contributed by atoms with Gasteiger partial charge in [0.2, 0.25) is 0 Å². The molecule has 2 unspecified atom stereocenters. The Balaban J connectivity index is 1.31. The van der Waals surface area contributed by atoms with Crippen molar-refractivity contribution >= 4 is 17.2 Å². The number of hydrogen-bond acceptors (Lipinski definition) is 6. The lowest BCUT2D eigenvalue weighted by Gasteiger charge is -2.61. The highest BCUT2D eigenvalue weighted by molar-refractivity contribution is 5.93. The molecule has 9 heteroatoms. The number of carbonyl (C=O) groups is 1. The van der Waals surface area contributed by atoms with Gasteiger partial charge < -0.3 is 10.2 Å². The number of carbonyl (C=O) groups excluding carboxylic acids is 1. The summed E-state index contributed by atoms with van der Waals surface area (Å²) in [6.45, 7) is 3.71. The van der Waals surface area contributed by atoms with E-state index in [-0.39, 0.29) is 11.4 Å². The van der Waals surface area contributed by atoms with Crippen molar-refractivity contribution in [3.8, 4) is 40.7 Å². The third-order valence-electron chi connectivity index (χ3n) is 7.81. The van der Waals surface area contributed by atoms with E-state index < -0.39 is 0 Å². The molecule has 9 nitrogen and oxygen atoms in total. The van der Waals surface area contributed by atoms with Crippen LogP contribution in [0.15, 0.2) is 49.2 Å². The molecule has 36 heavy (non-hydrogen) atoms. The molecule has 2 saturated heterocycles. The number of nitrogens with zero attached hydrogens (tertiary/aromatic N) is 7. The van der Waals surface area contributed by atoms with Gasteiger partial charge in [-0.15, -0.1) is 6.42 Å². The Hall–Kier alpha value is -4.63. The van der Waals surface area contributed by atoms with Crippen molar-refractivity contribution in [1.29, 1.82) is 5.26 Å². The molecule has 4 aromatic rings. The molecule has 1 N–H and O–H groups in total. The molecule has 0 aromatic carbocycles. The predicted octanol–water partition coefficient (Wildman–Crippen LogP) is 2.63. The number of amides is 1. The lowest BCUT2D eigenvalue weighted by Crippen LogP contribution is -2.72. The quantitative estimate of drug-likeness (QED) is 0.454. The molecule has 1 amide bonds. The summed E-state index contributed by atoms with van der Waals surface area (Å²) in [6, 6.07) is 8.37. The molecule has 3 aliphatic rings. The van der Waals surface area contributed by atoms with Crippen molar-refractivity contribution in [3.63, 3.8) is 0 Å². The van der Waals surface area contributed by atoms with E-state index in [2.05, 4.69) is 45.4 Å². The Kier molecular flexibility index (Phi) is 4.84. The topological polar surface area (TPSA) is 104 Å². The second-order valence-corrected chi connectivity index (χ2v) is 9.83. The number of nitrogens with one attached hydrogen (secondary N) is 1. The number of rotatable bonds is 4. The minimum atomic E-state index is -0.348. The number of fused-ring (bicyclic) bond motifs is 3. The summed E-state index contributed by atoms with van der Waals surface area (Å²) in [5.41, 5.74) is 4.71. The number of nitriles is 1. The van der Waals surface area contributed by atoms with E-state index >= 15 is 0 Å². The molecule has 3 fully saturated rings.